The lowest BCUT2D eigenvalue weighted by molar-refractivity contribution is 0.392. The van der Waals surface area contributed by atoms with Crippen molar-refractivity contribution in [1.82, 2.24) is 15.0 Å². The van der Waals surface area contributed by atoms with Gasteiger partial charge >= 0.3 is 0 Å². The van der Waals surface area contributed by atoms with E-state index < -0.39 is 0 Å². The summed E-state index contributed by atoms with van der Waals surface area (Å²) in [4.78, 5) is 23.6. The van der Waals surface area contributed by atoms with Gasteiger partial charge in [0.15, 0.2) is 11.7 Å². The molecule has 5 heteroatoms. The van der Waals surface area contributed by atoms with Crippen LogP contribution in [0.4, 0.5) is 0 Å². The molecule has 20 heavy (non-hydrogen) atoms. The molecule has 5 nitrogen and oxygen atoms in total. The van der Waals surface area contributed by atoms with Gasteiger partial charge in [-0.05, 0) is 12.1 Å². The SMILES string of the molecule is CC(C)(C)c1nc(-c2nc3ccccc3c(=O)[nH]2)co1. The second-order valence-corrected chi connectivity index (χ2v) is 5.72. The van der Waals surface area contributed by atoms with Crippen LogP contribution in [0.3, 0.4) is 0 Å². The number of nitrogens with zero attached hydrogens (tertiary/aromatic N) is 2. The number of H-pyrrole nitrogens is 1. The molecule has 0 saturated carbocycles. The Morgan fingerprint density at radius 2 is 1.90 bits per heavy atom. The fourth-order valence-corrected chi connectivity index (χ4v) is 1.93. The van der Waals surface area contributed by atoms with E-state index in [-0.39, 0.29) is 11.0 Å². The lowest BCUT2D eigenvalue weighted by Gasteiger charge is -2.11. The second kappa shape index (κ2) is 4.30. The standard InChI is InChI=1S/C15H15N3O2/c1-15(2,3)14-17-11(8-20-14)12-16-10-7-5-4-6-9(10)13(19)18-12/h4-8H,1-3H3,(H,16,18,19). The minimum atomic E-state index is -0.185. The fourth-order valence-electron chi connectivity index (χ4n) is 1.93. The van der Waals surface area contributed by atoms with E-state index in [0.29, 0.717) is 28.3 Å². The van der Waals surface area contributed by atoms with E-state index >= 15 is 0 Å². The summed E-state index contributed by atoms with van der Waals surface area (Å²) in [6, 6.07) is 7.21. The number of fused-ring (bicyclic) bond motifs is 1. The van der Waals surface area contributed by atoms with Crippen LogP contribution in [0.1, 0.15) is 26.7 Å². The van der Waals surface area contributed by atoms with E-state index in [1.807, 2.05) is 32.9 Å². The molecular weight excluding hydrogens is 254 g/mol. The van der Waals surface area contributed by atoms with Gasteiger partial charge in [0.2, 0.25) is 0 Å². The van der Waals surface area contributed by atoms with Gasteiger partial charge in [-0.1, -0.05) is 32.9 Å². The van der Waals surface area contributed by atoms with Crippen LogP contribution >= 0.6 is 0 Å². The van der Waals surface area contributed by atoms with Gasteiger partial charge in [0.1, 0.15) is 12.0 Å². The van der Waals surface area contributed by atoms with E-state index in [9.17, 15) is 4.79 Å². The largest absolute Gasteiger partial charge is 0.448 e. The predicted octanol–water partition coefficient (Wildman–Crippen LogP) is 2.88. The maximum atomic E-state index is 12.0. The van der Waals surface area contributed by atoms with Crippen molar-refractivity contribution in [3.8, 4) is 11.5 Å². The molecule has 0 amide bonds. The monoisotopic (exact) mass is 269 g/mol. The molecule has 0 aliphatic carbocycles. The van der Waals surface area contributed by atoms with Crippen molar-refractivity contribution in [2.45, 2.75) is 26.2 Å². The first-order valence-corrected chi connectivity index (χ1v) is 6.40. The molecule has 3 rings (SSSR count). The van der Waals surface area contributed by atoms with E-state index in [1.54, 1.807) is 12.1 Å². The molecule has 0 radical (unpaired) electrons. The molecular formula is C15H15N3O2. The maximum absolute atomic E-state index is 12.0. The second-order valence-electron chi connectivity index (χ2n) is 5.72. The Hall–Kier alpha value is -2.43. The van der Waals surface area contributed by atoms with Crippen LogP contribution < -0.4 is 5.56 Å². The van der Waals surface area contributed by atoms with Crippen LogP contribution in [0.25, 0.3) is 22.4 Å². The Labute approximate surface area is 115 Å². The zero-order valence-corrected chi connectivity index (χ0v) is 11.6. The van der Waals surface area contributed by atoms with Gasteiger partial charge in [0.05, 0.1) is 10.9 Å². The summed E-state index contributed by atoms with van der Waals surface area (Å²) in [5.41, 5.74) is 0.824. The third kappa shape index (κ3) is 2.11. The number of rotatable bonds is 1. The molecule has 0 unspecified atom stereocenters. The first-order chi connectivity index (χ1) is 9.45. The van der Waals surface area contributed by atoms with Crippen molar-refractivity contribution in [3.05, 3.63) is 46.8 Å². The molecule has 102 valence electrons. The average Bonchev–Trinajstić information content (AvgIpc) is 2.88. The maximum Gasteiger partial charge on any atom is 0.259 e. The Balaban J connectivity index is 2.15. The summed E-state index contributed by atoms with van der Waals surface area (Å²) in [7, 11) is 0. The molecule has 1 N–H and O–H groups in total. The number of hydrogen-bond acceptors (Lipinski definition) is 4. The van der Waals surface area contributed by atoms with Gasteiger partial charge in [0, 0.05) is 5.41 Å². The van der Waals surface area contributed by atoms with Gasteiger partial charge in [-0.25, -0.2) is 9.97 Å². The van der Waals surface area contributed by atoms with Crippen molar-refractivity contribution < 1.29 is 4.42 Å². The van der Waals surface area contributed by atoms with Gasteiger partial charge in [-0.2, -0.15) is 0 Å². The van der Waals surface area contributed by atoms with Crippen molar-refractivity contribution in [2.75, 3.05) is 0 Å². The third-order valence-electron chi connectivity index (χ3n) is 3.00. The Morgan fingerprint density at radius 1 is 1.15 bits per heavy atom. The number of para-hydroxylation sites is 1. The molecule has 0 fully saturated rings. The van der Waals surface area contributed by atoms with Crippen molar-refractivity contribution in [1.29, 1.82) is 0 Å². The molecule has 0 saturated heterocycles. The highest BCUT2D eigenvalue weighted by Gasteiger charge is 2.21. The first-order valence-electron chi connectivity index (χ1n) is 6.40. The van der Waals surface area contributed by atoms with Gasteiger partial charge in [-0.15, -0.1) is 0 Å². The van der Waals surface area contributed by atoms with E-state index in [1.165, 1.54) is 6.26 Å². The summed E-state index contributed by atoms with van der Waals surface area (Å²) in [6.07, 6.45) is 1.52. The number of aromatic amines is 1. The first kappa shape index (κ1) is 12.6. The highest BCUT2D eigenvalue weighted by Crippen LogP contribution is 2.24. The molecule has 0 atom stereocenters. The minimum absolute atomic E-state index is 0.175. The van der Waals surface area contributed by atoms with Crippen LogP contribution in [-0.4, -0.2) is 15.0 Å². The van der Waals surface area contributed by atoms with E-state index in [0.717, 1.165) is 0 Å². The van der Waals surface area contributed by atoms with Crippen molar-refractivity contribution >= 4 is 10.9 Å². The normalized spacial score (nSPS) is 11.9. The highest BCUT2D eigenvalue weighted by atomic mass is 16.3. The number of benzene rings is 1. The lowest BCUT2D eigenvalue weighted by atomic mass is 9.97. The van der Waals surface area contributed by atoms with E-state index in [4.69, 9.17) is 4.42 Å². The summed E-state index contributed by atoms with van der Waals surface area (Å²) in [5.74, 6) is 1.04. The molecule has 0 aliphatic rings. The molecule has 2 heterocycles. The summed E-state index contributed by atoms with van der Waals surface area (Å²) >= 11 is 0. The van der Waals surface area contributed by atoms with Crippen molar-refractivity contribution in [2.24, 2.45) is 0 Å². The van der Waals surface area contributed by atoms with Gasteiger partial charge in [-0.3, -0.25) is 4.79 Å². The Bertz CT molecular complexity index is 825. The zero-order chi connectivity index (χ0) is 14.3. The number of nitrogens with one attached hydrogen (secondary N) is 1. The van der Waals surface area contributed by atoms with Gasteiger partial charge < -0.3 is 9.40 Å². The van der Waals surface area contributed by atoms with E-state index in [2.05, 4.69) is 15.0 Å². The molecule has 0 bridgehead atoms. The average molecular weight is 269 g/mol. The molecule has 2 aromatic heterocycles. The van der Waals surface area contributed by atoms with Crippen molar-refractivity contribution in [3.63, 3.8) is 0 Å². The third-order valence-corrected chi connectivity index (χ3v) is 3.00. The smallest absolute Gasteiger partial charge is 0.259 e. The van der Waals surface area contributed by atoms with Gasteiger partial charge in [0.25, 0.3) is 5.56 Å². The molecule has 1 aromatic carbocycles. The quantitative estimate of drug-likeness (QED) is 0.737. The molecule has 0 aliphatic heterocycles. The summed E-state index contributed by atoms with van der Waals surface area (Å²) < 4.78 is 5.46. The number of aromatic nitrogens is 3. The van der Waals surface area contributed by atoms with Crippen LogP contribution in [0.15, 0.2) is 39.7 Å². The van der Waals surface area contributed by atoms with Crippen LogP contribution in [-0.2, 0) is 5.41 Å². The van der Waals surface area contributed by atoms with Crippen LogP contribution in [0.5, 0.6) is 0 Å². The Morgan fingerprint density at radius 3 is 2.60 bits per heavy atom. The predicted molar refractivity (Wildman–Crippen MR) is 76.6 cm³/mol. The fraction of sp³-hybridized carbons (Fsp3) is 0.267. The topological polar surface area (TPSA) is 71.8 Å². The lowest BCUT2D eigenvalue weighted by Crippen LogP contribution is -2.12. The molecule has 3 aromatic rings. The van der Waals surface area contributed by atoms with Crippen LogP contribution in [0, 0.1) is 0 Å². The number of oxazole rings is 1. The summed E-state index contributed by atoms with van der Waals surface area (Å²) in [5, 5.41) is 0.566. The zero-order valence-electron chi connectivity index (χ0n) is 11.6. The summed E-state index contributed by atoms with van der Waals surface area (Å²) in [6.45, 7) is 6.04. The Kier molecular flexibility index (Phi) is 2.71. The van der Waals surface area contributed by atoms with Crippen LogP contribution in [0.2, 0.25) is 0 Å². The molecule has 0 spiro atoms. The highest BCUT2D eigenvalue weighted by molar-refractivity contribution is 5.78. The minimum Gasteiger partial charge on any atom is -0.448 e. The number of hydrogen-bond donors (Lipinski definition) is 1.